The molecule has 0 aromatic rings. The zero-order chi connectivity index (χ0) is 22.4. The highest BCUT2D eigenvalue weighted by molar-refractivity contribution is 5.66. The summed E-state index contributed by atoms with van der Waals surface area (Å²) < 4.78 is 5.61. The van der Waals surface area contributed by atoms with Crippen LogP contribution < -0.4 is 0 Å². The zero-order valence-corrected chi connectivity index (χ0v) is 21.2. The van der Waals surface area contributed by atoms with Gasteiger partial charge in [-0.1, -0.05) is 65.5 Å². The number of carbonyl (C=O) groups is 1. The summed E-state index contributed by atoms with van der Waals surface area (Å²) in [4.78, 5) is 11.5. The second-order valence-electron chi connectivity index (χ2n) is 12.8. The van der Waals surface area contributed by atoms with Gasteiger partial charge in [-0.25, -0.2) is 0 Å². The van der Waals surface area contributed by atoms with Crippen LogP contribution >= 0.6 is 0 Å². The van der Waals surface area contributed by atoms with Gasteiger partial charge in [0.05, 0.1) is 0 Å². The number of esters is 1. The molecule has 0 heterocycles. The largest absolute Gasteiger partial charge is 0.462 e. The first-order valence-electron chi connectivity index (χ1n) is 13.5. The highest BCUT2D eigenvalue weighted by Crippen LogP contribution is 2.67. The van der Waals surface area contributed by atoms with Gasteiger partial charge < -0.3 is 4.74 Å². The Kier molecular flexibility index (Phi) is 6.68. The molecule has 2 heteroatoms. The molecular formula is C29H48O2. The molecule has 0 saturated heterocycles. The van der Waals surface area contributed by atoms with Crippen LogP contribution in [0.1, 0.15) is 112 Å². The first-order valence-corrected chi connectivity index (χ1v) is 13.5. The van der Waals surface area contributed by atoms with Crippen LogP contribution in [-0.2, 0) is 9.53 Å². The Balaban J connectivity index is 1.47. The summed E-state index contributed by atoms with van der Waals surface area (Å²) in [7, 11) is 0. The van der Waals surface area contributed by atoms with Crippen LogP contribution in [0.3, 0.4) is 0 Å². The first-order chi connectivity index (χ1) is 14.6. The van der Waals surface area contributed by atoms with Gasteiger partial charge in [0.1, 0.15) is 6.10 Å². The van der Waals surface area contributed by atoms with E-state index in [1.807, 2.05) is 0 Å². The van der Waals surface area contributed by atoms with Gasteiger partial charge in [0.25, 0.3) is 0 Å². The Labute approximate surface area is 192 Å². The summed E-state index contributed by atoms with van der Waals surface area (Å²) in [5.41, 5.74) is 2.53. The van der Waals surface area contributed by atoms with Crippen LogP contribution in [0.25, 0.3) is 0 Å². The second kappa shape index (κ2) is 8.86. The Morgan fingerprint density at radius 2 is 1.84 bits per heavy atom. The van der Waals surface area contributed by atoms with Crippen molar-refractivity contribution in [3.05, 3.63) is 11.6 Å². The van der Waals surface area contributed by atoms with Crippen molar-refractivity contribution in [3.8, 4) is 0 Å². The fourth-order valence-electron chi connectivity index (χ4n) is 8.99. The van der Waals surface area contributed by atoms with Crippen LogP contribution in [0.5, 0.6) is 0 Å². The number of allylic oxidation sites excluding steroid dienone is 1. The highest BCUT2D eigenvalue weighted by Gasteiger charge is 2.59. The highest BCUT2D eigenvalue weighted by atomic mass is 16.5. The van der Waals surface area contributed by atoms with Crippen LogP contribution in [0.2, 0.25) is 0 Å². The van der Waals surface area contributed by atoms with Crippen LogP contribution in [0, 0.1) is 46.3 Å². The molecule has 0 aromatic carbocycles. The lowest BCUT2D eigenvalue weighted by molar-refractivity contribution is -0.148. The molecule has 0 amide bonds. The fraction of sp³-hybridized carbons (Fsp3) is 0.897. The lowest BCUT2D eigenvalue weighted by atomic mass is 9.47. The van der Waals surface area contributed by atoms with Crippen molar-refractivity contribution in [1.29, 1.82) is 0 Å². The Morgan fingerprint density at radius 3 is 2.55 bits per heavy atom. The van der Waals surface area contributed by atoms with E-state index in [-0.39, 0.29) is 12.1 Å². The summed E-state index contributed by atoms with van der Waals surface area (Å²) in [5, 5.41) is 0. The van der Waals surface area contributed by atoms with E-state index in [2.05, 4.69) is 40.7 Å². The average molecular weight is 429 g/mol. The lowest BCUT2D eigenvalue weighted by Gasteiger charge is -2.58. The molecule has 4 rings (SSSR count). The Hall–Kier alpha value is -0.790. The molecule has 176 valence electrons. The minimum absolute atomic E-state index is 0.115. The second-order valence-corrected chi connectivity index (χ2v) is 12.8. The smallest absolute Gasteiger partial charge is 0.302 e. The van der Waals surface area contributed by atoms with E-state index in [0.717, 1.165) is 48.3 Å². The molecular weight excluding hydrogens is 380 g/mol. The number of ether oxygens (including phenoxy) is 1. The number of hydrogen-bond acceptors (Lipinski definition) is 2. The van der Waals surface area contributed by atoms with E-state index < -0.39 is 0 Å². The third-order valence-corrected chi connectivity index (χ3v) is 10.6. The number of fused-ring (bicyclic) bond motifs is 5. The van der Waals surface area contributed by atoms with E-state index in [1.165, 1.54) is 57.8 Å². The summed E-state index contributed by atoms with van der Waals surface area (Å²) in [6, 6.07) is 0. The van der Waals surface area contributed by atoms with E-state index >= 15 is 0 Å². The maximum atomic E-state index is 11.5. The molecule has 31 heavy (non-hydrogen) atoms. The van der Waals surface area contributed by atoms with Crippen molar-refractivity contribution in [2.24, 2.45) is 46.3 Å². The van der Waals surface area contributed by atoms with E-state index in [1.54, 1.807) is 12.5 Å². The number of carbonyl (C=O) groups excluding carboxylic acids is 1. The molecule has 3 fully saturated rings. The summed E-state index contributed by atoms with van der Waals surface area (Å²) in [6.45, 7) is 14.1. The molecule has 0 aliphatic heterocycles. The summed E-state index contributed by atoms with van der Waals surface area (Å²) in [6.07, 6.45) is 17.2. The standard InChI is InChI=1S/C29H48O2/c1-19(2)8-7-9-20(3)25-12-13-26-24-11-10-22-18-23(31-21(4)30)14-16-28(22,5)27(24)15-17-29(25,26)6/h10,19-20,23-27H,7-9,11-18H2,1-6H3/t20?,23-,24-,25?,26-,27?,28-,29+/m0/s1. The third kappa shape index (κ3) is 4.26. The molecule has 0 aromatic heterocycles. The molecule has 3 saturated carbocycles. The zero-order valence-electron chi connectivity index (χ0n) is 21.2. The van der Waals surface area contributed by atoms with E-state index in [9.17, 15) is 4.79 Å². The summed E-state index contributed by atoms with van der Waals surface area (Å²) >= 11 is 0. The van der Waals surface area contributed by atoms with Crippen molar-refractivity contribution < 1.29 is 9.53 Å². The van der Waals surface area contributed by atoms with Crippen molar-refractivity contribution in [2.75, 3.05) is 0 Å². The molecule has 0 bridgehead atoms. The molecule has 2 nitrogen and oxygen atoms in total. The van der Waals surface area contributed by atoms with Crippen LogP contribution in [0.15, 0.2) is 11.6 Å². The topological polar surface area (TPSA) is 26.3 Å². The van der Waals surface area contributed by atoms with Crippen molar-refractivity contribution >= 4 is 5.97 Å². The minimum atomic E-state index is -0.115. The Bertz CT molecular complexity index is 693. The van der Waals surface area contributed by atoms with E-state index in [0.29, 0.717) is 10.8 Å². The van der Waals surface area contributed by atoms with Gasteiger partial charge in [-0.2, -0.15) is 0 Å². The molecule has 0 radical (unpaired) electrons. The fourth-order valence-corrected chi connectivity index (χ4v) is 8.99. The van der Waals surface area contributed by atoms with E-state index in [4.69, 9.17) is 4.74 Å². The summed E-state index contributed by atoms with van der Waals surface area (Å²) in [5.74, 6) is 5.19. The van der Waals surface area contributed by atoms with Gasteiger partial charge in [0.15, 0.2) is 0 Å². The average Bonchev–Trinajstić information content (AvgIpc) is 3.05. The van der Waals surface area contributed by atoms with Crippen molar-refractivity contribution in [3.63, 3.8) is 0 Å². The monoisotopic (exact) mass is 428 g/mol. The minimum Gasteiger partial charge on any atom is -0.462 e. The van der Waals surface area contributed by atoms with Crippen LogP contribution in [-0.4, -0.2) is 12.1 Å². The predicted octanol–water partition coefficient (Wildman–Crippen LogP) is 7.96. The normalized spacial score (nSPS) is 42.9. The first kappa shape index (κ1) is 23.4. The van der Waals surface area contributed by atoms with Gasteiger partial charge in [0, 0.05) is 13.3 Å². The van der Waals surface area contributed by atoms with Gasteiger partial charge in [0.2, 0.25) is 0 Å². The van der Waals surface area contributed by atoms with Gasteiger partial charge in [-0.15, -0.1) is 0 Å². The number of rotatable bonds is 6. The molecule has 0 spiro atoms. The third-order valence-electron chi connectivity index (χ3n) is 10.6. The van der Waals surface area contributed by atoms with Gasteiger partial charge >= 0.3 is 5.97 Å². The SMILES string of the molecule is CC(=O)O[C@H]1CC[C@@]2(C)C(=CC[C@@H]3C2CC[C@]2(C)C(C(C)CCCC(C)C)CC[C@@H]32)C1. The van der Waals surface area contributed by atoms with Crippen molar-refractivity contribution in [2.45, 2.75) is 118 Å². The van der Waals surface area contributed by atoms with Gasteiger partial charge in [-0.3, -0.25) is 4.79 Å². The van der Waals surface area contributed by atoms with Gasteiger partial charge in [-0.05, 0) is 91.3 Å². The molecule has 3 unspecified atom stereocenters. The molecule has 0 N–H and O–H groups in total. The number of hydrogen-bond donors (Lipinski definition) is 0. The molecule has 4 aliphatic rings. The quantitative estimate of drug-likeness (QED) is 0.317. The lowest BCUT2D eigenvalue weighted by Crippen LogP contribution is -2.51. The predicted molar refractivity (Wildman–Crippen MR) is 129 cm³/mol. The molecule has 8 atom stereocenters. The maximum Gasteiger partial charge on any atom is 0.302 e. The van der Waals surface area contributed by atoms with Crippen LogP contribution in [0.4, 0.5) is 0 Å². The molecule has 4 aliphatic carbocycles. The Morgan fingerprint density at radius 1 is 1.06 bits per heavy atom. The van der Waals surface area contributed by atoms with Crippen molar-refractivity contribution in [1.82, 2.24) is 0 Å². The maximum absolute atomic E-state index is 11.5.